The fourth-order valence-electron chi connectivity index (χ4n) is 4.53. The molecular formula is C27H31N5O4S3. The molecule has 3 heterocycles. The van der Waals surface area contributed by atoms with Gasteiger partial charge >= 0.3 is 0 Å². The van der Waals surface area contributed by atoms with Crippen LogP contribution >= 0.6 is 22.7 Å². The van der Waals surface area contributed by atoms with Crippen molar-refractivity contribution in [3.8, 4) is 21.7 Å². The Hall–Kier alpha value is -2.87. The number of aromatic nitrogens is 1. The molecule has 0 fully saturated rings. The average Bonchev–Trinajstić information content (AvgIpc) is 3.47. The van der Waals surface area contributed by atoms with Crippen molar-refractivity contribution in [2.75, 3.05) is 49.6 Å². The molecule has 4 N–H and O–H groups in total. The van der Waals surface area contributed by atoms with Crippen molar-refractivity contribution >= 4 is 59.5 Å². The third-order valence-electron chi connectivity index (χ3n) is 6.29. The number of carbonyl (C=O) groups excluding carboxylic acids is 1. The molecule has 2 aromatic carbocycles. The van der Waals surface area contributed by atoms with Crippen LogP contribution in [0.1, 0.15) is 16.9 Å². The Kier molecular flexibility index (Phi) is 8.60. The van der Waals surface area contributed by atoms with Gasteiger partial charge in [-0.1, -0.05) is 18.2 Å². The minimum Gasteiger partial charge on any atom is -0.383 e. The quantitative estimate of drug-likeness (QED) is 0.194. The molecule has 0 spiro atoms. The summed E-state index contributed by atoms with van der Waals surface area (Å²) in [6, 6.07) is 13.4. The fraction of sp³-hybridized carbons (Fsp3) is 0.333. The molecule has 4 aromatic rings. The summed E-state index contributed by atoms with van der Waals surface area (Å²) in [5, 5.41) is 11.5. The van der Waals surface area contributed by atoms with Gasteiger partial charge in [0.2, 0.25) is 15.9 Å². The molecule has 5 rings (SSSR count). The van der Waals surface area contributed by atoms with E-state index >= 15 is 0 Å². The molecule has 206 valence electrons. The highest BCUT2D eigenvalue weighted by molar-refractivity contribution is 7.92. The molecule has 0 aliphatic carbocycles. The normalized spacial score (nSPS) is 13.4. The number of nitrogens with one attached hydrogen (secondary N) is 4. The van der Waals surface area contributed by atoms with E-state index in [0.717, 1.165) is 62.7 Å². The smallest absolute Gasteiger partial charge is 0.229 e. The summed E-state index contributed by atoms with van der Waals surface area (Å²) < 4.78 is 32.0. The largest absolute Gasteiger partial charge is 0.383 e. The molecule has 1 aliphatic heterocycles. The number of thiazole rings is 1. The Bertz CT molecular complexity index is 1600. The topological polar surface area (TPSA) is 121 Å². The summed E-state index contributed by atoms with van der Waals surface area (Å²) in [6.45, 7) is 3.58. The number of benzene rings is 2. The summed E-state index contributed by atoms with van der Waals surface area (Å²) in [5.74, 6) is -0.0290. The van der Waals surface area contributed by atoms with Gasteiger partial charge < -0.3 is 20.7 Å². The zero-order chi connectivity index (χ0) is 27.4. The van der Waals surface area contributed by atoms with E-state index in [1.54, 1.807) is 35.8 Å². The van der Waals surface area contributed by atoms with Gasteiger partial charge in [0.05, 0.1) is 23.1 Å². The van der Waals surface area contributed by atoms with Crippen molar-refractivity contribution in [1.29, 1.82) is 0 Å². The van der Waals surface area contributed by atoms with Gasteiger partial charge in [0, 0.05) is 49.3 Å². The van der Waals surface area contributed by atoms with Crippen LogP contribution in [-0.4, -0.2) is 58.9 Å². The SMILES string of the molecule is COCCNCCC(=O)Nc1sc2c(c1-c1nc3cc(-c4cccc(NS(C)(=O)=O)c4)ccc3s1)CCNC2. The highest BCUT2D eigenvalue weighted by Crippen LogP contribution is 2.45. The molecule has 0 radical (unpaired) electrons. The van der Waals surface area contributed by atoms with E-state index in [-0.39, 0.29) is 5.91 Å². The lowest BCUT2D eigenvalue weighted by Gasteiger charge is -2.13. The minimum absolute atomic E-state index is 0.0290. The number of sulfonamides is 1. The lowest BCUT2D eigenvalue weighted by Crippen LogP contribution is -2.24. The van der Waals surface area contributed by atoms with Crippen LogP contribution in [-0.2, 0) is 32.5 Å². The minimum atomic E-state index is -3.37. The van der Waals surface area contributed by atoms with Crippen molar-refractivity contribution in [3.63, 3.8) is 0 Å². The Morgan fingerprint density at radius 2 is 1.97 bits per heavy atom. The van der Waals surface area contributed by atoms with E-state index in [9.17, 15) is 13.2 Å². The average molecular weight is 586 g/mol. The van der Waals surface area contributed by atoms with Crippen LogP contribution in [0.25, 0.3) is 31.9 Å². The van der Waals surface area contributed by atoms with Gasteiger partial charge in [0.1, 0.15) is 10.0 Å². The molecule has 1 amide bonds. The van der Waals surface area contributed by atoms with E-state index in [1.165, 1.54) is 10.4 Å². The van der Waals surface area contributed by atoms with E-state index in [0.29, 0.717) is 31.8 Å². The monoisotopic (exact) mass is 585 g/mol. The Morgan fingerprint density at radius 3 is 2.79 bits per heavy atom. The Morgan fingerprint density at radius 1 is 1.13 bits per heavy atom. The zero-order valence-corrected chi connectivity index (χ0v) is 24.2. The zero-order valence-electron chi connectivity index (χ0n) is 21.8. The van der Waals surface area contributed by atoms with Crippen LogP contribution in [0.15, 0.2) is 42.5 Å². The van der Waals surface area contributed by atoms with Gasteiger partial charge in [-0.25, -0.2) is 13.4 Å². The molecule has 0 unspecified atom stereocenters. The number of hydrogen-bond donors (Lipinski definition) is 4. The van der Waals surface area contributed by atoms with Crippen LogP contribution in [0, 0.1) is 0 Å². The number of ether oxygens (including phenoxy) is 1. The van der Waals surface area contributed by atoms with Crippen molar-refractivity contribution < 1.29 is 17.9 Å². The Labute approximate surface area is 236 Å². The predicted octanol–water partition coefficient (Wildman–Crippen LogP) is 4.27. The maximum atomic E-state index is 12.8. The summed E-state index contributed by atoms with van der Waals surface area (Å²) in [6.07, 6.45) is 2.40. The summed E-state index contributed by atoms with van der Waals surface area (Å²) in [5.41, 5.74) is 5.50. The maximum absolute atomic E-state index is 12.8. The third kappa shape index (κ3) is 6.83. The van der Waals surface area contributed by atoms with Crippen LogP contribution in [0.2, 0.25) is 0 Å². The molecule has 0 saturated carbocycles. The second kappa shape index (κ2) is 12.1. The van der Waals surface area contributed by atoms with E-state index in [2.05, 4.69) is 20.7 Å². The molecule has 0 atom stereocenters. The van der Waals surface area contributed by atoms with E-state index < -0.39 is 10.0 Å². The van der Waals surface area contributed by atoms with E-state index in [4.69, 9.17) is 9.72 Å². The number of hydrogen-bond acceptors (Lipinski definition) is 9. The third-order valence-corrected chi connectivity index (χ3v) is 9.10. The first-order chi connectivity index (χ1) is 18.8. The first kappa shape index (κ1) is 27.7. The molecule has 12 heteroatoms. The van der Waals surface area contributed by atoms with Gasteiger partial charge in [0.15, 0.2) is 0 Å². The first-order valence-corrected chi connectivity index (χ1v) is 16.2. The highest BCUT2D eigenvalue weighted by atomic mass is 32.2. The van der Waals surface area contributed by atoms with Gasteiger partial charge in [-0.05, 0) is 53.9 Å². The van der Waals surface area contributed by atoms with Gasteiger partial charge in [-0.15, -0.1) is 22.7 Å². The highest BCUT2D eigenvalue weighted by Gasteiger charge is 2.25. The van der Waals surface area contributed by atoms with Crippen molar-refractivity contribution in [2.45, 2.75) is 19.4 Å². The lowest BCUT2D eigenvalue weighted by molar-refractivity contribution is -0.116. The number of carbonyl (C=O) groups is 1. The van der Waals surface area contributed by atoms with Crippen molar-refractivity contribution in [3.05, 3.63) is 52.9 Å². The second-order valence-corrected chi connectivity index (χ2v) is 13.2. The van der Waals surface area contributed by atoms with Crippen LogP contribution < -0.4 is 20.7 Å². The molecule has 0 saturated heterocycles. The lowest BCUT2D eigenvalue weighted by atomic mass is 10.0. The van der Waals surface area contributed by atoms with Crippen LogP contribution in [0.5, 0.6) is 0 Å². The summed E-state index contributed by atoms with van der Waals surface area (Å²) in [4.78, 5) is 19.0. The molecule has 39 heavy (non-hydrogen) atoms. The number of thiophene rings is 1. The Balaban J connectivity index is 1.43. The number of nitrogens with zero attached hydrogens (tertiary/aromatic N) is 1. The summed E-state index contributed by atoms with van der Waals surface area (Å²) >= 11 is 3.24. The standard InChI is InChI=1S/C27H31N5O4S3/c1-36-13-12-28-11-9-24(33)31-27-25(20-8-10-29-16-23(20)38-27)26-30-21-15-18(6-7-22(21)37-26)17-4-3-5-19(14-17)32-39(2,34)35/h3-7,14-15,28-29,32H,8-13,16H2,1-2H3,(H,31,33). The molecule has 1 aliphatic rings. The number of amides is 1. The van der Waals surface area contributed by atoms with Crippen LogP contribution in [0.3, 0.4) is 0 Å². The first-order valence-electron chi connectivity index (χ1n) is 12.6. The van der Waals surface area contributed by atoms with Crippen molar-refractivity contribution in [2.24, 2.45) is 0 Å². The molecule has 9 nitrogen and oxygen atoms in total. The van der Waals surface area contributed by atoms with E-state index in [1.807, 2.05) is 36.4 Å². The fourth-order valence-corrected chi connectivity index (χ4v) is 7.41. The predicted molar refractivity (Wildman–Crippen MR) is 160 cm³/mol. The van der Waals surface area contributed by atoms with Gasteiger partial charge in [0.25, 0.3) is 0 Å². The summed E-state index contributed by atoms with van der Waals surface area (Å²) in [7, 11) is -1.71. The molecule has 0 bridgehead atoms. The molecular weight excluding hydrogens is 555 g/mol. The van der Waals surface area contributed by atoms with Gasteiger partial charge in [-0.3, -0.25) is 9.52 Å². The van der Waals surface area contributed by atoms with Crippen molar-refractivity contribution in [1.82, 2.24) is 15.6 Å². The number of fused-ring (bicyclic) bond motifs is 2. The second-order valence-electron chi connectivity index (χ2n) is 9.33. The maximum Gasteiger partial charge on any atom is 0.229 e. The van der Waals surface area contributed by atoms with Gasteiger partial charge in [-0.2, -0.15) is 0 Å². The van der Waals surface area contributed by atoms with Crippen LogP contribution in [0.4, 0.5) is 10.7 Å². The number of methoxy groups -OCH3 is 1. The number of anilines is 2. The molecule has 2 aromatic heterocycles. The number of rotatable bonds is 11.